The molecule has 4 aliphatic heterocycles. The van der Waals surface area contributed by atoms with Crippen LogP contribution in [0.5, 0.6) is 0 Å². The lowest BCUT2D eigenvalue weighted by Crippen LogP contribution is -2.41. The maximum absolute atomic E-state index is 6.92. The minimum absolute atomic E-state index is 0.0460. The number of benzene rings is 2. The van der Waals surface area contributed by atoms with Gasteiger partial charge in [-0.2, -0.15) is 0 Å². The van der Waals surface area contributed by atoms with Gasteiger partial charge in [0.15, 0.2) is 0 Å². The first-order valence-electron chi connectivity index (χ1n) is 21.2. The van der Waals surface area contributed by atoms with Crippen LogP contribution in [-0.4, -0.2) is 73.3 Å². The summed E-state index contributed by atoms with van der Waals surface area (Å²) in [5, 5.41) is 0. The van der Waals surface area contributed by atoms with Crippen molar-refractivity contribution in [3.05, 3.63) is 60.2 Å². The Morgan fingerprint density at radius 1 is 0.393 bits per heavy atom. The summed E-state index contributed by atoms with van der Waals surface area (Å²) in [5.41, 5.74) is -0.0955. The lowest BCUT2D eigenvalue weighted by molar-refractivity contribution is 0.00578. The maximum Gasteiger partial charge on any atom is 0.461 e. The van der Waals surface area contributed by atoms with E-state index in [-0.39, 0.29) is 17.5 Å². The lowest BCUT2D eigenvalue weighted by Gasteiger charge is -2.32. The van der Waals surface area contributed by atoms with Crippen LogP contribution in [0.4, 0.5) is 0 Å². The maximum atomic E-state index is 6.92. The largest absolute Gasteiger partial charge is 0.461 e. The summed E-state index contributed by atoms with van der Waals surface area (Å²) in [5.74, 6) is -0.0871. The van der Waals surface area contributed by atoms with Gasteiger partial charge in [-0.15, -0.1) is 0 Å². The SMILES string of the molecule is CC1(C)OB(C[C@H](C[C@H](C[C@H](CCc2ccc(-c3ccccc3)cc2)B2OC(C)(C)C(C)(C)O2)B2OC(C)(C)C(C)(C)O2)B2OC(C)(C)C(C)(C)O2)OC1(C)C. The summed E-state index contributed by atoms with van der Waals surface area (Å²) in [6.45, 7) is 34.0. The molecule has 12 heteroatoms. The van der Waals surface area contributed by atoms with Gasteiger partial charge in [-0.05, 0) is 164 Å². The fourth-order valence-corrected chi connectivity index (χ4v) is 8.18. The van der Waals surface area contributed by atoms with E-state index in [0.717, 1.165) is 19.3 Å². The summed E-state index contributed by atoms with van der Waals surface area (Å²) in [6.07, 6.45) is 3.83. The molecule has 4 saturated heterocycles. The normalized spacial score (nSPS) is 26.8. The van der Waals surface area contributed by atoms with Crippen molar-refractivity contribution in [1.29, 1.82) is 0 Å². The Kier molecular flexibility index (Phi) is 11.9. The monoisotopic (exact) mass is 771 g/mol. The number of hydrogen-bond acceptors (Lipinski definition) is 8. The van der Waals surface area contributed by atoms with Crippen molar-refractivity contribution in [3.63, 3.8) is 0 Å². The van der Waals surface area contributed by atoms with E-state index in [0.29, 0.717) is 12.7 Å². The fourth-order valence-electron chi connectivity index (χ4n) is 8.18. The number of rotatable bonds is 13. The number of aryl methyl sites for hydroxylation is 1. The number of hydrogen-bond donors (Lipinski definition) is 0. The summed E-state index contributed by atoms with van der Waals surface area (Å²) >= 11 is 0. The van der Waals surface area contributed by atoms with Gasteiger partial charge in [-0.25, -0.2) is 0 Å². The van der Waals surface area contributed by atoms with Gasteiger partial charge in [0.05, 0.1) is 44.8 Å². The molecule has 0 unspecified atom stereocenters. The highest BCUT2D eigenvalue weighted by Crippen LogP contribution is 2.52. The van der Waals surface area contributed by atoms with E-state index in [1.807, 2.05) is 0 Å². The van der Waals surface area contributed by atoms with Crippen LogP contribution in [0.3, 0.4) is 0 Å². The molecule has 0 amide bonds. The third-order valence-corrected chi connectivity index (χ3v) is 14.8. The Balaban J connectivity index is 1.32. The molecule has 6 rings (SSSR count). The highest BCUT2D eigenvalue weighted by Gasteiger charge is 2.61. The molecule has 0 bridgehead atoms. The topological polar surface area (TPSA) is 73.8 Å². The average molecular weight is 770 g/mol. The molecule has 0 N–H and O–H groups in total. The molecule has 4 fully saturated rings. The molecule has 4 heterocycles. The van der Waals surface area contributed by atoms with E-state index in [2.05, 4.69) is 165 Å². The molecule has 3 atom stereocenters. The minimum Gasteiger partial charge on any atom is -0.403 e. The smallest absolute Gasteiger partial charge is 0.403 e. The molecule has 0 radical (unpaired) electrons. The van der Waals surface area contributed by atoms with Crippen molar-refractivity contribution in [3.8, 4) is 11.1 Å². The Hall–Kier alpha value is -1.62. The highest BCUT2D eigenvalue weighted by atomic mass is 16.7. The molecular formula is C44H70B4O8. The van der Waals surface area contributed by atoms with Crippen LogP contribution in [-0.2, 0) is 43.7 Å². The first-order chi connectivity index (χ1) is 25.6. The zero-order valence-corrected chi connectivity index (χ0v) is 37.5. The summed E-state index contributed by atoms with van der Waals surface area (Å²) in [4.78, 5) is 0. The summed E-state index contributed by atoms with van der Waals surface area (Å²) in [6, 6.07) is 19.5. The molecule has 0 spiro atoms. The molecule has 4 aliphatic rings. The van der Waals surface area contributed by atoms with E-state index in [9.17, 15) is 0 Å². The second-order valence-electron chi connectivity index (χ2n) is 21.1. The van der Waals surface area contributed by atoms with Gasteiger partial charge < -0.3 is 37.2 Å². The Labute approximate surface area is 341 Å². The van der Waals surface area contributed by atoms with E-state index < -0.39 is 73.3 Å². The van der Waals surface area contributed by atoms with Gasteiger partial charge in [-0.3, -0.25) is 0 Å². The van der Waals surface area contributed by atoms with Gasteiger partial charge in [0, 0.05) is 0 Å². The molecule has 0 aliphatic carbocycles. The molecule has 2 aromatic carbocycles. The second kappa shape index (κ2) is 15.1. The summed E-state index contributed by atoms with van der Waals surface area (Å²) < 4.78 is 54.5. The van der Waals surface area contributed by atoms with Crippen molar-refractivity contribution in [2.45, 2.75) is 205 Å². The third kappa shape index (κ3) is 8.80. The van der Waals surface area contributed by atoms with Gasteiger partial charge in [0.1, 0.15) is 0 Å². The van der Waals surface area contributed by atoms with Crippen molar-refractivity contribution >= 4 is 28.5 Å². The Morgan fingerprint density at radius 2 is 0.732 bits per heavy atom. The third-order valence-electron chi connectivity index (χ3n) is 14.8. The molecule has 0 saturated carbocycles. The molecular weight excluding hydrogens is 700 g/mol. The van der Waals surface area contributed by atoms with Crippen molar-refractivity contribution in [2.24, 2.45) is 0 Å². The average Bonchev–Trinajstić information content (AvgIpc) is 3.62. The predicted molar refractivity (Wildman–Crippen MR) is 230 cm³/mol. The fraction of sp³-hybridized carbons (Fsp3) is 0.727. The van der Waals surface area contributed by atoms with Crippen LogP contribution in [0, 0.1) is 0 Å². The molecule has 0 aromatic heterocycles. The first-order valence-corrected chi connectivity index (χ1v) is 21.2. The Morgan fingerprint density at radius 3 is 1.16 bits per heavy atom. The molecule has 2 aromatic rings. The van der Waals surface area contributed by atoms with E-state index in [4.69, 9.17) is 37.2 Å². The zero-order valence-electron chi connectivity index (χ0n) is 37.5. The highest BCUT2D eigenvalue weighted by molar-refractivity contribution is 6.54. The molecule has 306 valence electrons. The zero-order chi connectivity index (χ0) is 41.3. The van der Waals surface area contributed by atoms with Crippen LogP contribution in [0.2, 0.25) is 23.8 Å². The van der Waals surface area contributed by atoms with Crippen LogP contribution < -0.4 is 0 Å². The second-order valence-corrected chi connectivity index (χ2v) is 21.1. The minimum atomic E-state index is -0.498. The molecule has 56 heavy (non-hydrogen) atoms. The van der Waals surface area contributed by atoms with Crippen molar-refractivity contribution in [2.75, 3.05) is 0 Å². The van der Waals surface area contributed by atoms with Crippen molar-refractivity contribution < 1.29 is 37.2 Å². The van der Waals surface area contributed by atoms with Gasteiger partial charge in [-0.1, -0.05) is 67.4 Å². The standard InChI is InChI=1S/C44H70B4O8/c1-37(2)38(3,4)50-45(49-37)30-36(48-55-43(13,14)44(15,16)56-48)29-35(47-53-41(9,10)42(11,12)54-47)28-34(46-51-39(5,6)40(7,8)52-46)27-24-31-22-25-33(26-23-31)32-20-18-17-19-21-32/h17-23,25-26,34-36H,24,27-30H2,1-16H3/t34-,35-,36-/m0/s1. The van der Waals surface area contributed by atoms with E-state index in [1.54, 1.807) is 0 Å². The van der Waals surface area contributed by atoms with Crippen LogP contribution in [0.25, 0.3) is 11.1 Å². The quantitative estimate of drug-likeness (QED) is 0.187. The Bertz CT molecular complexity index is 1590. The van der Waals surface area contributed by atoms with E-state index in [1.165, 1.54) is 16.7 Å². The van der Waals surface area contributed by atoms with Gasteiger partial charge in [0.25, 0.3) is 0 Å². The van der Waals surface area contributed by atoms with Crippen LogP contribution in [0.15, 0.2) is 54.6 Å². The van der Waals surface area contributed by atoms with Crippen molar-refractivity contribution in [1.82, 2.24) is 0 Å². The lowest BCUT2D eigenvalue weighted by atomic mass is 9.51. The molecule has 8 nitrogen and oxygen atoms in total. The van der Waals surface area contributed by atoms with Crippen LogP contribution >= 0.6 is 0 Å². The first kappa shape index (κ1) is 43.9. The summed E-state index contributed by atoms with van der Waals surface area (Å²) in [7, 11) is -1.74. The van der Waals surface area contributed by atoms with Crippen LogP contribution in [0.1, 0.15) is 136 Å². The predicted octanol–water partition coefficient (Wildman–Crippen LogP) is 10.5. The van der Waals surface area contributed by atoms with Gasteiger partial charge in [0.2, 0.25) is 0 Å². The van der Waals surface area contributed by atoms with Gasteiger partial charge >= 0.3 is 28.5 Å². The van der Waals surface area contributed by atoms with E-state index >= 15 is 0 Å².